The Labute approximate surface area is 132 Å². The van der Waals surface area contributed by atoms with Gasteiger partial charge in [0.1, 0.15) is 0 Å². The summed E-state index contributed by atoms with van der Waals surface area (Å²) < 4.78 is 0. The fourth-order valence-electron chi connectivity index (χ4n) is 3.64. The fraction of sp³-hybridized carbons (Fsp3) is 0.500. The van der Waals surface area contributed by atoms with Crippen LogP contribution in [0.4, 0.5) is 0 Å². The molecule has 1 aromatic heterocycles. The van der Waals surface area contributed by atoms with E-state index in [4.69, 9.17) is 0 Å². The van der Waals surface area contributed by atoms with Crippen LogP contribution in [0, 0.1) is 13.8 Å². The lowest BCUT2D eigenvalue weighted by Crippen LogP contribution is -2.33. The van der Waals surface area contributed by atoms with Crippen LogP contribution in [0.15, 0.2) is 30.3 Å². The first kappa shape index (κ1) is 15.3. The maximum absolute atomic E-state index is 10.5. The Balaban J connectivity index is 1.66. The SMILES string of the molecule is Cc1n[nH]c(C)c1C1CCCN1CC(O)Cc1ccccc1. The number of aromatic nitrogens is 2. The Morgan fingerprint density at radius 2 is 2.09 bits per heavy atom. The van der Waals surface area contributed by atoms with Gasteiger partial charge >= 0.3 is 0 Å². The predicted molar refractivity (Wildman–Crippen MR) is 87.8 cm³/mol. The molecule has 1 aliphatic rings. The standard InChI is InChI=1S/C18H25N3O/c1-13-18(14(2)20-19-13)17-9-6-10-21(17)12-16(22)11-15-7-4-3-5-8-15/h3-5,7-8,16-17,22H,6,9-12H2,1-2H3,(H,19,20). The van der Waals surface area contributed by atoms with Gasteiger partial charge in [0, 0.05) is 23.8 Å². The van der Waals surface area contributed by atoms with Crippen LogP contribution in [0.25, 0.3) is 0 Å². The van der Waals surface area contributed by atoms with Crippen molar-refractivity contribution in [2.24, 2.45) is 0 Å². The summed E-state index contributed by atoms with van der Waals surface area (Å²) in [7, 11) is 0. The Morgan fingerprint density at radius 1 is 1.32 bits per heavy atom. The number of aryl methyl sites for hydroxylation is 2. The monoisotopic (exact) mass is 299 g/mol. The van der Waals surface area contributed by atoms with Gasteiger partial charge in [0.05, 0.1) is 11.8 Å². The molecule has 4 heteroatoms. The maximum atomic E-state index is 10.5. The van der Waals surface area contributed by atoms with Crippen LogP contribution in [0.1, 0.15) is 41.4 Å². The number of rotatable bonds is 5. The van der Waals surface area contributed by atoms with Crippen LogP contribution in [0.2, 0.25) is 0 Å². The topological polar surface area (TPSA) is 52.2 Å². The summed E-state index contributed by atoms with van der Waals surface area (Å²) in [5, 5.41) is 17.9. The largest absolute Gasteiger partial charge is 0.391 e. The smallest absolute Gasteiger partial charge is 0.0707 e. The number of aliphatic hydroxyl groups excluding tert-OH is 1. The molecule has 2 heterocycles. The second-order valence-electron chi connectivity index (χ2n) is 6.34. The summed E-state index contributed by atoms with van der Waals surface area (Å²) in [4.78, 5) is 2.42. The summed E-state index contributed by atoms with van der Waals surface area (Å²) in [6, 6.07) is 10.6. The van der Waals surface area contributed by atoms with Gasteiger partial charge in [0.2, 0.25) is 0 Å². The minimum Gasteiger partial charge on any atom is -0.391 e. The molecule has 0 aliphatic carbocycles. The van der Waals surface area contributed by atoms with Crippen molar-refractivity contribution in [1.29, 1.82) is 0 Å². The highest BCUT2D eigenvalue weighted by Crippen LogP contribution is 2.34. The normalized spacial score (nSPS) is 20.4. The van der Waals surface area contributed by atoms with Gasteiger partial charge in [0.15, 0.2) is 0 Å². The van der Waals surface area contributed by atoms with Gasteiger partial charge in [-0.3, -0.25) is 10.00 Å². The number of nitrogens with one attached hydrogen (secondary N) is 1. The van der Waals surface area contributed by atoms with E-state index in [1.165, 1.54) is 17.5 Å². The molecule has 0 radical (unpaired) electrons. The van der Waals surface area contributed by atoms with E-state index in [1.807, 2.05) is 18.2 Å². The van der Waals surface area contributed by atoms with E-state index < -0.39 is 0 Å². The zero-order valence-electron chi connectivity index (χ0n) is 13.4. The highest BCUT2D eigenvalue weighted by Gasteiger charge is 2.30. The number of likely N-dealkylation sites (tertiary alicyclic amines) is 1. The number of hydrogen-bond donors (Lipinski definition) is 2. The molecule has 2 N–H and O–H groups in total. The van der Waals surface area contributed by atoms with Crippen molar-refractivity contribution in [1.82, 2.24) is 15.1 Å². The molecule has 0 spiro atoms. The van der Waals surface area contributed by atoms with Crippen molar-refractivity contribution < 1.29 is 5.11 Å². The van der Waals surface area contributed by atoms with Gasteiger partial charge in [-0.1, -0.05) is 30.3 Å². The minimum absolute atomic E-state index is 0.324. The minimum atomic E-state index is -0.324. The number of β-amino-alcohol motifs (C(OH)–C–C–N with tert-alkyl or cyclic N) is 1. The summed E-state index contributed by atoms with van der Waals surface area (Å²) in [5.41, 5.74) is 4.77. The van der Waals surface area contributed by atoms with E-state index in [9.17, 15) is 5.11 Å². The van der Waals surface area contributed by atoms with Crippen molar-refractivity contribution >= 4 is 0 Å². The average molecular weight is 299 g/mol. The van der Waals surface area contributed by atoms with Crippen molar-refractivity contribution in [2.45, 2.75) is 45.3 Å². The quantitative estimate of drug-likeness (QED) is 0.892. The van der Waals surface area contributed by atoms with Crippen LogP contribution in [-0.2, 0) is 6.42 Å². The van der Waals surface area contributed by atoms with E-state index in [0.29, 0.717) is 12.5 Å². The molecule has 0 amide bonds. The molecule has 0 bridgehead atoms. The number of hydrogen-bond acceptors (Lipinski definition) is 3. The summed E-state index contributed by atoms with van der Waals surface area (Å²) in [6.45, 7) is 5.94. The third-order valence-electron chi connectivity index (χ3n) is 4.64. The molecule has 1 aromatic carbocycles. The first-order valence-corrected chi connectivity index (χ1v) is 8.12. The van der Waals surface area contributed by atoms with Crippen LogP contribution >= 0.6 is 0 Å². The number of H-pyrrole nitrogens is 1. The van der Waals surface area contributed by atoms with E-state index in [1.54, 1.807) is 0 Å². The third kappa shape index (κ3) is 3.23. The van der Waals surface area contributed by atoms with E-state index in [0.717, 1.165) is 30.9 Å². The molecular weight excluding hydrogens is 274 g/mol. The molecule has 1 aliphatic heterocycles. The number of aromatic amines is 1. The van der Waals surface area contributed by atoms with Gasteiger partial charge in [-0.25, -0.2) is 0 Å². The van der Waals surface area contributed by atoms with Crippen molar-refractivity contribution in [2.75, 3.05) is 13.1 Å². The van der Waals surface area contributed by atoms with E-state index >= 15 is 0 Å². The molecule has 2 unspecified atom stereocenters. The summed E-state index contributed by atoms with van der Waals surface area (Å²) in [6.07, 6.45) is 2.73. The van der Waals surface area contributed by atoms with Gasteiger partial charge < -0.3 is 5.11 Å². The lowest BCUT2D eigenvalue weighted by Gasteiger charge is -2.27. The molecule has 4 nitrogen and oxygen atoms in total. The van der Waals surface area contributed by atoms with Crippen LogP contribution in [-0.4, -0.2) is 39.4 Å². The maximum Gasteiger partial charge on any atom is 0.0707 e. The first-order chi connectivity index (χ1) is 10.6. The molecular formula is C18H25N3O. The molecule has 2 aromatic rings. The summed E-state index contributed by atoms with van der Waals surface area (Å²) in [5.74, 6) is 0. The molecule has 1 saturated heterocycles. The third-order valence-corrected chi connectivity index (χ3v) is 4.64. The second-order valence-corrected chi connectivity index (χ2v) is 6.34. The van der Waals surface area contributed by atoms with Crippen LogP contribution in [0.3, 0.4) is 0 Å². The average Bonchev–Trinajstić information content (AvgIpc) is 3.06. The molecule has 3 rings (SSSR count). The Kier molecular flexibility index (Phi) is 4.60. The Morgan fingerprint density at radius 3 is 2.77 bits per heavy atom. The van der Waals surface area contributed by atoms with Crippen LogP contribution < -0.4 is 0 Å². The van der Waals surface area contributed by atoms with Crippen molar-refractivity contribution in [3.63, 3.8) is 0 Å². The molecule has 118 valence electrons. The summed E-state index contributed by atoms with van der Waals surface area (Å²) >= 11 is 0. The van der Waals surface area contributed by atoms with E-state index in [2.05, 4.69) is 41.1 Å². The van der Waals surface area contributed by atoms with Crippen molar-refractivity contribution in [3.05, 3.63) is 52.8 Å². The second kappa shape index (κ2) is 6.63. The highest BCUT2D eigenvalue weighted by atomic mass is 16.3. The zero-order valence-corrected chi connectivity index (χ0v) is 13.4. The molecule has 1 fully saturated rings. The van der Waals surface area contributed by atoms with Crippen molar-refractivity contribution in [3.8, 4) is 0 Å². The van der Waals surface area contributed by atoms with Gasteiger partial charge in [-0.15, -0.1) is 0 Å². The predicted octanol–water partition coefficient (Wildman–Crippen LogP) is 2.77. The molecule has 0 saturated carbocycles. The van der Waals surface area contributed by atoms with Gasteiger partial charge in [-0.05, 0) is 45.2 Å². The Bertz CT molecular complexity index is 589. The number of benzene rings is 1. The van der Waals surface area contributed by atoms with Crippen LogP contribution in [0.5, 0.6) is 0 Å². The Hall–Kier alpha value is -1.65. The molecule has 22 heavy (non-hydrogen) atoms. The van der Waals surface area contributed by atoms with Gasteiger partial charge in [-0.2, -0.15) is 5.10 Å². The molecule has 2 atom stereocenters. The van der Waals surface area contributed by atoms with E-state index in [-0.39, 0.29) is 6.10 Å². The lowest BCUT2D eigenvalue weighted by molar-refractivity contribution is 0.105. The fourth-order valence-corrected chi connectivity index (χ4v) is 3.64. The highest BCUT2D eigenvalue weighted by molar-refractivity contribution is 5.28. The van der Waals surface area contributed by atoms with Gasteiger partial charge in [0.25, 0.3) is 0 Å². The first-order valence-electron chi connectivity index (χ1n) is 8.12. The zero-order chi connectivity index (χ0) is 15.5. The lowest BCUT2D eigenvalue weighted by atomic mass is 10.0. The number of aliphatic hydroxyl groups is 1. The number of nitrogens with zero attached hydrogens (tertiary/aromatic N) is 2.